The third-order valence-corrected chi connectivity index (χ3v) is 5.60. The number of thiophene rings is 1. The summed E-state index contributed by atoms with van der Waals surface area (Å²) < 4.78 is 38.4. The van der Waals surface area contributed by atoms with Crippen LogP contribution in [0.3, 0.4) is 0 Å². The van der Waals surface area contributed by atoms with Crippen molar-refractivity contribution in [2.24, 2.45) is 0 Å². The molecule has 0 saturated heterocycles. The molecule has 0 atom stereocenters. The summed E-state index contributed by atoms with van der Waals surface area (Å²) in [6.45, 7) is 0.607. The van der Waals surface area contributed by atoms with E-state index < -0.39 is 17.6 Å². The number of hydrogen-bond donors (Lipinski definition) is 0. The van der Waals surface area contributed by atoms with Gasteiger partial charge in [-0.15, -0.1) is 11.3 Å². The minimum absolute atomic E-state index is 0.170. The van der Waals surface area contributed by atoms with Gasteiger partial charge in [-0.1, -0.05) is 30.3 Å². The first-order valence-electron chi connectivity index (χ1n) is 8.80. The van der Waals surface area contributed by atoms with Crippen molar-refractivity contribution in [2.45, 2.75) is 12.8 Å². The molecule has 0 N–H and O–H groups in total. The highest BCUT2D eigenvalue weighted by Gasteiger charge is 2.21. The Kier molecular flexibility index (Phi) is 6.54. The number of rotatable bonds is 7. The molecule has 0 aliphatic carbocycles. The highest BCUT2D eigenvalue weighted by molar-refractivity contribution is 7.16. The first-order valence-corrected chi connectivity index (χ1v) is 9.62. The molecule has 3 rings (SSSR count). The largest absolute Gasteiger partial charge is 0.465 e. The van der Waals surface area contributed by atoms with Gasteiger partial charge in [0.25, 0.3) is 0 Å². The highest BCUT2D eigenvalue weighted by atomic mass is 32.1. The van der Waals surface area contributed by atoms with Gasteiger partial charge in [0.05, 0.1) is 12.7 Å². The molecule has 1 aromatic heterocycles. The molecule has 146 valence electrons. The van der Waals surface area contributed by atoms with Crippen LogP contribution in [0, 0.1) is 11.6 Å². The summed E-state index contributed by atoms with van der Waals surface area (Å²) in [4.78, 5) is 13.9. The fourth-order valence-electron chi connectivity index (χ4n) is 3.04. The summed E-state index contributed by atoms with van der Waals surface area (Å²) >= 11 is 1.46. The average molecular weight is 402 g/mol. The minimum Gasteiger partial charge on any atom is -0.465 e. The van der Waals surface area contributed by atoms with Gasteiger partial charge >= 0.3 is 5.97 Å². The second kappa shape index (κ2) is 9.08. The van der Waals surface area contributed by atoms with Crippen LogP contribution < -0.4 is 0 Å². The number of ether oxygens (including phenoxy) is 2. The van der Waals surface area contributed by atoms with Gasteiger partial charge < -0.3 is 9.47 Å². The third kappa shape index (κ3) is 4.13. The Morgan fingerprint density at radius 1 is 1.00 bits per heavy atom. The molecule has 28 heavy (non-hydrogen) atoms. The van der Waals surface area contributed by atoms with Gasteiger partial charge in [0.2, 0.25) is 0 Å². The Hall–Kier alpha value is -2.57. The average Bonchev–Trinajstić information content (AvgIpc) is 3.13. The smallest absolute Gasteiger partial charge is 0.338 e. The zero-order valence-corrected chi connectivity index (χ0v) is 16.4. The van der Waals surface area contributed by atoms with E-state index in [1.54, 1.807) is 37.4 Å². The summed E-state index contributed by atoms with van der Waals surface area (Å²) in [5.74, 6) is -2.28. The Morgan fingerprint density at radius 3 is 2.50 bits per heavy atom. The predicted octanol–water partition coefficient (Wildman–Crippen LogP) is 5.73. The maximum Gasteiger partial charge on any atom is 0.338 e. The van der Waals surface area contributed by atoms with Gasteiger partial charge in [0.1, 0.15) is 0 Å². The lowest BCUT2D eigenvalue weighted by Crippen LogP contribution is -2.03. The van der Waals surface area contributed by atoms with Crippen LogP contribution in [0.25, 0.3) is 21.6 Å². The van der Waals surface area contributed by atoms with Crippen LogP contribution in [-0.4, -0.2) is 26.8 Å². The Labute approximate surface area is 166 Å². The van der Waals surface area contributed by atoms with Gasteiger partial charge in [0.15, 0.2) is 11.6 Å². The molecule has 0 aliphatic rings. The number of esters is 1. The molecule has 1 heterocycles. The van der Waals surface area contributed by atoms with E-state index in [9.17, 15) is 13.6 Å². The predicted molar refractivity (Wildman–Crippen MR) is 107 cm³/mol. The van der Waals surface area contributed by atoms with Gasteiger partial charge in [-0.2, -0.15) is 0 Å². The topological polar surface area (TPSA) is 35.5 Å². The normalized spacial score (nSPS) is 10.9. The van der Waals surface area contributed by atoms with E-state index in [2.05, 4.69) is 0 Å². The Morgan fingerprint density at radius 2 is 1.75 bits per heavy atom. The summed E-state index contributed by atoms with van der Waals surface area (Å²) in [5, 5.41) is 0. The van der Waals surface area contributed by atoms with Crippen LogP contribution in [-0.2, 0) is 15.9 Å². The number of aryl methyl sites for hydroxylation is 1. The summed E-state index contributed by atoms with van der Waals surface area (Å²) in [7, 11) is 2.96. The van der Waals surface area contributed by atoms with Crippen molar-refractivity contribution < 1.29 is 23.0 Å². The van der Waals surface area contributed by atoms with E-state index in [4.69, 9.17) is 9.47 Å². The Balaban J connectivity index is 2.17. The van der Waals surface area contributed by atoms with Crippen molar-refractivity contribution in [1.29, 1.82) is 0 Å². The van der Waals surface area contributed by atoms with Crippen LogP contribution in [0.15, 0.2) is 48.5 Å². The fraction of sp³-hybridized carbons (Fsp3) is 0.227. The molecule has 0 spiro atoms. The lowest BCUT2D eigenvalue weighted by Gasteiger charge is -2.10. The van der Waals surface area contributed by atoms with Gasteiger partial charge in [0, 0.05) is 40.2 Å². The second-order valence-corrected chi connectivity index (χ2v) is 7.33. The number of carbonyl (C=O) groups excluding carboxylic acids is 1. The van der Waals surface area contributed by atoms with Crippen LogP contribution in [0.2, 0.25) is 0 Å². The molecule has 0 unspecified atom stereocenters. The maximum atomic E-state index is 14.5. The number of benzene rings is 2. The number of carbonyl (C=O) groups is 1. The fourth-order valence-corrected chi connectivity index (χ4v) is 4.29. The van der Waals surface area contributed by atoms with Gasteiger partial charge in [-0.25, -0.2) is 13.6 Å². The van der Waals surface area contributed by atoms with Crippen molar-refractivity contribution in [3.05, 3.63) is 70.6 Å². The van der Waals surface area contributed by atoms with E-state index in [-0.39, 0.29) is 5.56 Å². The van der Waals surface area contributed by atoms with Crippen molar-refractivity contribution in [3.63, 3.8) is 0 Å². The molecule has 0 radical (unpaired) electrons. The lowest BCUT2D eigenvalue weighted by molar-refractivity contribution is 0.0601. The van der Waals surface area contributed by atoms with Crippen molar-refractivity contribution >= 4 is 17.3 Å². The van der Waals surface area contributed by atoms with Crippen molar-refractivity contribution in [1.82, 2.24) is 0 Å². The summed E-state index contributed by atoms with van der Waals surface area (Å²) in [6.07, 6.45) is 1.54. The van der Waals surface area contributed by atoms with E-state index in [1.165, 1.54) is 24.5 Å². The summed E-state index contributed by atoms with van der Waals surface area (Å²) in [6, 6.07) is 13.0. The van der Waals surface area contributed by atoms with Crippen LogP contribution in [0.5, 0.6) is 0 Å². The van der Waals surface area contributed by atoms with Crippen molar-refractivity contribution in [2.75, 3.05) is 20.8 Å². The molecule has 0 amide bonds. The van der Waals surface area contributed by atoms with Gasteiger partial charge in [-0.3, -0.25) is 0 Å². The SMILES string of the molecule is COCCCc1cc(-c2cccc(F)c2F)c(-c2ccccc2C(=O)OC)s1. The molecule has 0 bridgehead atoms. The molecule has 3 aromatic rings. The standard InChI is InChI=1S/C22H20F2O3S/c1-26-12-6-7-14-13-18(15-10-5-11-19(23)20(15)24)21(28-14)16-8-3-4-9-17(16)22(25)27-2/h3-5,8-11,13H,6-7,12H2,1-2H3. The summed E-state index contributed by atoms with van der Waals surface area (Å²) in [5.41, 5.74) is 1.75. The van der Waals surface area contributed by atoms with E-state index >= 15 is 0 Å². The zero-order chi connectivity index (χ0) is 20.1. The molecule has 0 fully saturated rings. The number of methoxy groups -OCH3 is 2. The zero-order valence-electron chi connectivity index (χ0n) is 15.6. The van der Waals surface area contributed by atoms with Gasteiger partial charge in [-0.05, 0) is 31.0 Å². The first-order chi connectivity index (χ1) is 13.6. The third-order valence-electron chi connectivity index (χ3n) is 4.37. The quantitative estimate of drug-likeness (QED) is 0.374. The van der Waals surface area contributed by atoms with E-state index in [0.29, 0.717) is 28.2 Å². The first kappa shape index (κ1) is 20.2. The minimum atomic E-state index is -0.906. The molecule has 3 nitrogen and oxygen atoms in total. The van der Waals surface area contributed by atoms with E-state index in [1.807, 2.05) is 6.07 Å². The van der Waals surface area contributed by atoms with E-state index in [0.717, 1.165) is 23.8 Å². The molecule has 0 saturated carbocycles. The van der Waals surface area contributed by atoms with Crippen molar-refractivity contribution in [3.8, 4) is 21.6 Å². The monoisotopic (exact) mass is 402 g/mol. The second-order valence-electron chi connectivity index (χ2n) is 6.19. The Bertz CT molecular complexity index is 982. The lowest BCUT2D eigenvalue weighted by atomic mass is 9.98. The van der Waals surface area contributed by atoms with Crippen LogP contribution >= 0.6 is 11.3 Å². The molecule has 6 heteroatoms. The van der Waals surface area contributed by atoms with Crippen LogP contribution in [0.4, 0.5) is 8.78 Å². The molecule has 2 aromatic carbocycles. The highest BCUT2D eigenvalue weighted by Crippen LogP contribution is 2.42. The maximum absolute atomic E-state index is 14.5. The molecular weight excluding hydrogens is 382 g/mol. The molecule has 0 aliphatic heterocycles. The number of hydrogen-bond acceptors (Lipinski definition) is 4. The molecular formula is C22H20F2O3S. The van der Waals surface area contributed by atoms with Crippen LogP contribution in [0.1, 0.15) is 21.7 Å². The number of halogens is 2.